The summed E-state index contributed by atoms with van der Waals surface area (Å²) in [6, 6.07) is 7.00. The molecule has 1 amide bonds. The van der Waals surface area contributed by atoms with Crippen molar-refractivity contribution >= 4 is 34.8 Å². The minimum atomic E-state index is -0.856. The second-order valence-corrected chi connectivity index (χ2v) is 4.53. The van der Waals surface area contributed by atoms with Crippen molar-refractivity contribution in [1.82, 2.24) is 0 Å². The molecule has 0 aromatic heterocycles. The molecule has 0 aliphatic heterocycles. The molecule has 0 radical (unpaired) electrons. The number of nitrogens with zero attached hydrogens (tertiary/aromatic N) is 1. The van der Waals surface area contributed by atoms with Crippen LogP contribution in [0, 0.1) is 16.7 Å². The minimum Gasteiger partial charge on any atom is -0.323 e. The number of halogens is 2. The standard InChI is InChI=1S/C11H8Cl2N2O/c12-7-2-1-3-8(9(7)13)15-10(16)11(6-14)4-5-11/h1-3H,4-5H2,(H,15,16). The molecular formula is C11H8Cl2N2O. The Morgan fingerprint density at radius 3 is 2.69 bits per heavy atom. The van der Waals surface area contributed by atoms with Gasteiger partial charge >= 0.3 is 0 Å². The van der Waals surface area contributed by atoms with Crippen LogP contribution in [0.5, 0.6) is 0 Å². The molecule has 0 unspecified atom stereocenters. The zero-order valence-corrected chi connectivity index (χ0v) is 9.77. The van der Waals surface area contributed by atoms with Crippen LogP contribution in [-0.2, 0) is 4.79 Å². The Labute approximate surface area is 103 Å². The summed E-state index contributed by atoms with van der Waals surface area (Å²) in [4.78, 5) is 11.8. The van der Waals surface area contributed by atoms with Gasteiger partial charge in [-0.15, -0.1) is 0 Å². The normalized spacial score (nSPS) is 16.3. The number of carbonyl (C=O) groups is 1. The molecule has 1 aliphatic carbocycles. The van der Waals surface area contributed by atoms with E-state index < -0.39 is 5.41 Å². The van der Waals surface area contributed by atoms with Gasteiger partial charge < -0.3 is 5.32 Å². The van der Waals surface area contributed by atoms with Gasteiger partial charge in [-0.2, -0.15) is 5.26 Å². The number of benzene rings is 1. The van der Waals surface area contributed by atoms with Crippen molar-refractivity contribution in [3.05, 3.63) is 28.2 Å². The number of carbonyl (C=O) groups excluding carboxylic acids is 1. The molecule has 0 spiro atoms. The summed E-state index contributed by atoms with van der Waals surface area (Å²) in [6.07, 6.45) is 1.21. The summed E-state index contributed by atoms with van der Waals surface area (Å²) < 4.78 is 0. The lowest BCUT2D eigenvalue weighted by Crippen LogP contribution is -2.22. The van der Waals surface area contributed by atoms with E-state index in [1.807, 2.05) is 6.07 Å². The van der Waals surface area contributed by atoms with Gasteiger partial charge in [0.25, 0.3) is 0 Å². The second kappa shape index (κ2) is 3.97. The van der Waals surface area contributed by atoms with Gasteiger partial charge in [0.05, 0.1) is 21.8 Å². The Balaban J connectivity index is 2.20. The van der Waals surface area contributed by atoms with Gasteiger partial charge in [-0.1, -0.05) is 29.3 Å². The predicted octanol–water partition coefficient (Wildman–Crippen LogP) is 3.24. The second-order valence-electron chi connectivity index (χ2n) is 3.75. The average Bonchev–Trinajstić information content (AvgIpc) is 3.05. The lowest BCUT2D eigenvalue weighted by atomic mass is 10.1. The maximum absolute atomic E-state index is 11.8. The minimum absolute atomic E-state index is 0.297. The third-order valence-corrected chi connectivity index (χ3v) is 3.42. The smallest absolute Gasteiger partial charge is 0.244 e. The van der Waals surface area contributed by atoms with Crippen LogP contribution in [0.3, 0.4) is 0 Å². The Morgan fingerprint density at radius 1 is 1.44 bits per heavy atom. The van der Waals surface area contributed by atoms with Crippen LogP contribution >= 0.6 is 23.2 Å². The van der Waals surface area contributed by atoms with Crippen molar-refractivity contribution in [2.45, 2.75) is 12.8 Å². The first kappa shape index (κ1) is 11.3. The molecule has 2 rings (SSSR count). The highest BCUT2D eigenvalue weighted by Gasteiger charge is 2.50. The summed E-state index contributed by atoms with van der Waals surface area (Å²) in [5.41, 5.74) is -0.410. The molecule has 1 aromatic rings. The van der Waals surface area contributed by atoms with E-state index in [1.54, 1.807) is 18.2 Å². The van der Waals surface area contributed by atoms with Crippen LogP contribution in [0.1, 0.15) is 12.8 Å². The molecule has 1 aliphatic rings. The molecule has 1 N–H and O–H groups in total. The summed E-state index contributed by atoms with van der Waals surface area (Å²) in [5.74, 6) is -0.306. The van der Waals surface area contributed by atoms with E-state index in [0.717, 1.165) is 0 Å². The van der Waals surface area contributed by atoms with E-state index >= 15 is 0 Å². The van der Waals surface area contributed by atoms with Gasteiger partial charge in [0.1, 0.15) is 5.41 Å². The van der Waals surface area contributed by atoms with Crippen molar-refractivity contribution in [3.8, 4) is 6.07 Å². The van der Waals surface area contributed by atoms with Crippen LogP contribution in [0.15, 0.2) is 18.2 Å². The third-order valence-electron chi connectivity index (χ3n) is 2.60. The number of rotatable bonds is 2. The van der Waals surface area contributed by atoms with E-state index in [4.69, 9.17) is 28.5 Å². The Kier molecular flexibility index (Phi) is 2.79. The van der Waals surface area contributed by atoms with E-state index in [9.17, 15) is 4.79 Å². The number of hydrogen-bond donors (Lipinski definition) is 1. The van der Waals surface area contributed by atoms with Crippen LogP contribution in [0.2, 0.25) is 10.0 Å². The number of nitriles is 1. The van der Waals surface area contributed by atoms with Crippen molar-refractivity contribution in [3.63, 3.8) is 0 Å². The fourth-order valence-electron chi connectivity index (χ4n) is 1.36. The van der Waals surface area contributed by atoms with Crippen molar-refractivity contribution < 1.29 is 4.79 Å². The maximum atomic E-state index is 11.8. The van der Waals surface area contributed by atoms with Gasteiger partial charge in [0, 0.05) is 0 Å². The number of amides is 1. The fraction of sp³-hybridized carbons (Fsp3) is 0.273. The largest absolute Gasteiger partial charge is 0.323 e. The molecule has 0 heterocycles. The zero-order chi connectivity index (χ0) is 11.8. The Bertz CT molecular complexity index is 489. The molecule has 16 heavy (non-hydrogen) atoms. The molecule has 82 valence electrons. The highest BCUT2D eigenvalue weighted by Crippen LogP contribution is 2.46. The maximum Gasteiger partial charge on any atom is 0.244 e. The van der Waals surface area contributed by atoms with Crippen molar-refractivity contribution in [2.24, 2.45) is 5.41 Å². The van der Waals surface area contributed by atoms with E-state index in [-0.39, 0.29) is 5.91 Å². The quantitative estimate of drug-likeness (QED) is 0.881. The lowest BCUT2D eigenvalue weighted by molar-refractivity contribution is -0.119. The summed E-state index contributed by atoms with van der Waals surface area (Å²) in [7, 11) is 0. The summed E-state index contributed by atoms with van der Waals surface area (Å²) >= 11 is 11.7. The first-order chi connectivity index (χ1) is 7.59. The van der Waals surface area contributed by atoms with Crippen LogP contribution in [0.25, 0.3) is 0 Å². The first-order valence-corrected chi connectivity index (χ1v) is 5.51. The van der Waals surface area contributed by atoms with Gasteiger partial charge in [-0.05, 0) is 25.0 Å². The number of nitrogens with one attached hydrogen (secondary N) is 1. The highest BCUT2D eigenvalue weighted by atomic mass is 35.5. The fourth-order valence-corrected chi connectivity index (χ4v) is 1.70. The number of hydrogen-bond acceptors (Lipinski definition) is 2. The van der Waals surface area contributed by atoms with Crippen LogP contribution in [-0.4, -0.2) is 5.91 Å². The molecule has 0 atom stereocenters. The molecular weight excluding hydrogens is 247 g/mol. The molecule has 1 fully saturated rings. The monoisotopic (exact) mass is 254 g/mol. The Hall–Kier alpha value is -1.24. The molecule has 3 nitrogen and oxygen atoms in total. The summed E-state index contributed by atoms with van der Waals surface area (Å²) in [6.45, 7) is 0. The van der Waals surface area contributed by atoms with Gasteiger partial charge in [-0.25, -0.2) is 0 Å². The van der Waals surface area contributed by atoms with E-state index in [0.29, 0.717) is 28.6 Å². The summed E-state index contributed by atoms with van der Waals surface area (Å²) in [5, 5.41) is 12.2. The molecule has 5 heteroatoms. The molecule has 1 saturated carbocycles. The Morgan fingerprint density at radius 2 is 2.12 bits per heavy atom. The van der Waals surface area contributed by atoms with Crippen molar-refractivity contribution in [2.75, 3.05) is 5.32 Å². The number of anilines is 1. The zero-order valence-electron chi connectivity index (χ0n) is 8.26. The topological polar surface area (TPSA) is 52.9 Å². The van der Waals surface area contributed by atoms with Gasteiger partial charge in [-0.3, -0.25) is 4.79 Å². The van der Waals surface area contributed by atoms with Gasteiger partial charge in [0.2, 0.25) is 5.91 Å². The molecule has 0 saturated heterocycles. The molecule has 1 aromatic carbocycles. The lowest BCUT2D eigenvalue weighted by Gasteiger charge is -2.10. The van der Waals surface area contributed by atoms with E-state index in [2.05, 4.69) is 5.32 Å². The average molecular weight is 255 g/mol. The third kappa shape index (κ3) is 1.87. The highest BCUT2D eigenvalue weighted by molar-refractivity contribution is 6.44. The first-order valence-electron chi connectivity index (χ1n) is 4.76. The van der Waals surface area contributed by atoms with Crippen molar-refractivity contribution in [1.29, 1.82) is 5.26 Å². The molecule has 0 bridgehead atoms. The van der Waals surface area contributed by atoms with Gasteiger partial charge in [0.15, 0.2) is 0 Å². The SMILES string of the molecule is N#CC1(C(=O)Nc2cccc(Cl)c2Cl)CC1. The predicted molar refractivity (Wildman–Crippen MR) is 62.4 cm³/mol. The van der Waals surface area contributed by atoms with Crippen LogP contribution in [0.4, 0.5) is 5.69 Å². The van der Waals surface area contributed by atoms with Crippen LogP contribution < -0.4 is 5.32 Å². The van der Waals surface area contributed by atoms with E-state index in [1.165, 1.54) is 0 Å².